The van der Waals surface area contributed by atoms with Crippen molar-refractivity contribution in [2.24, 2.45) is 0 Å². The minimum Gasteiger partial charge on any atom is -0.396 e. The fraction of sp³-hybridized carbons (Fsp3) is 0.118. The van der Waals surface area contributed by atoms with Crippen LogP contribution in [0.1, 0.15) is 15.9 Å². The van der Waals surface area contributed by atoms with E-state index in [0.717, 1.165) is 5.56 Å². The van der Waals surface area contributed by atoms with E-state index in [4.69, 9.17) is 5.11 Å². The monoisotopic (exact) mass is 309 g/mol. The molecule has 3 aromatic rings. The number of aromatic nitrogens is 2. The van der Waals surface area contributed by atoms with Gasteiger partial charge in [0.25, 0.3) is 11.5 Å². The van der Waals surface area contributed by atoms with Crippen LogP contribution < -0.4 is 10.9 Å². The third kappa shape index (κ3) is 3.12. The number of pyridine rings is 1. The molecule has 0 aliphatic rings. The normalized spacial score (nSPS) is 10.7. The lowest BCUT2D eigenvalue weighted by molar-refractivity contribution is 0.102. The van der Waals surface area contributed by atoms with Crippen LogP contribution in [0.3, 0.4) is 0 Å². The van der Waals surface area contributed by atoms with Gasteiger partial charge < -0.3 is 10.4 Å². The largest absolute Gasteiger partial charge is 0.396 e. The fourth-order valence-corrected chi connectivity index (χ4v) is 2.26. The van der Waals surface area contributed by atoms with E-state index in [9.17, 15) is 9.59 Å². The van der Waals surface area contributed by atoms with Gasteiger partial charge in [-0.15, -0.1) is 0 Å². The Labute approximate surface area is 132 Å². The molecule has 0 unspecified atom stereocenters. The molecule has 0 aliphatic heterocycles. The van der Waals surface area contributed by atoms with E-state index < -0.39 is 11.5 Å². The second-order valence-corrected chi connectivity index (χ2v) is 5.03. The number of anilines is 1. The molecule has 0 atom stereocenters. The van der Waals surface area contributed by atoms with Crippen molar-refractivity contribution in [1.29, 1.82) is 0 Å². The number of nitrogens with one attached hydrogen (secondary N) is 1. The molecular formula is C17H15N3O3. The van der Waals surface area contributed by atoms with Crippen molar-refractivity contribution in [3.63, 3.8) is 0 Å². The molecule has 6 nitrogen and oxygen atoms in total. The maximum absolute atomic E-state index is 12.3. The topological polar surface area (TPSA) is 83.7 Å². The van der Waals surface area contributed by atoms with E-state index in [1.165, 1.54) is 10.6 Å². The molecule has 2 N–H and O–H groups in total. The number of fused-ring (bicyclic) bond motifs is 1. The number of carbonyl (C=O) groups is 1. The molecule has 3 rings (SSSR count). The quantitative estimate of drug-likeness (QED) is 0.764. The molecule has 0 saturated carbocycles. The molecule has 2 aromatic heterocycles. The van der Waals surface area contributed by atoms with Gasteiger partial charge in [-0.2, -0.15) is 0 Å². The lowest BCUT2D eigenvalue weighted by Crippen LogP contribution is -2.26. The second kappa shape index (κ2) is 6.41. The molecule has 0 saturated heterocycles. The summed E-state index contributed by atoms with van der Waals surface area (Å²) in [6, 6.07) is 12.3. The van der Waals surface area contributed by atoms with Crippen molar-refractivity contribution in [3.8, 4) is 0 Å². The van der Waals surface area contributed by atoms with Gasteiger partial charge in [0.2, 0.25) is 0 Å². The summed E-state index contributed by atoms with van der Waals surface area (Å²) in [6.07, 6.45) is 3.42. The van der Waals surface area contributed by atoms with E-state index in [2.05, 4.69) is 10.3 Å². The Morgan fingerprint density at radius 3 is 2.70 bits per heavy atom. The number of hydrogen-bond acceptors (Lipinski definition) is 4. The number of benzene rings is 1. The highest BCUT2D eigenvalue weighted by atomic mass is 16.3. The number of carbonyl (C=O) groups excluding carboxylic acids is 1. The van der Waals surface area contributed by atoms with Crippen LogP contribution in [0.2, 0.25) is 0 Å². The number of nitrogens with zero attached hydrogens (tertiary/aromatic N) is 2. The first kappa shape index (κ1) is 14.9. The number of amides is 1. The molecule has 1 amide bonds. The summed E-state index contributed by atoms with van der Waals surface area (Å²) in [5.74, 6) is -0.504. The van der Waals surface area contributed by atoms with Crippen molar-refractivity contribution in [2.75, 3.05) is 11.9 Å². The Kier molecular flexibility index (Phi) is 4.16. The van der Waals surface area contributed by atoms with Crippen LogP contribution >= 0.6 is 0 Å². The second-order valence-electron chi connectivity index (χ2n) is 5.03. The summed E-state index contributed by atoms with van der Waals surface area (Å²) in [5.41, 5.74) is 1.60. The average Bonchev–Trinajstić information content (AvgIpc) is 2.57. The van der Waals surface area contributed by atoms with E-state index in [1.54, 1.807) is 36.5 Å². The van der Waals surface area contributed by atoms with Crippen LogP contribution in [0, 0.1) is 0 Å². The van der Waals surface area contributed by atoms with Crippen LogP contribution in [-0.4, -0.2) is 27.0 Å². The van der Waals surface area contributed by atoms with Gasteiger partial charge in [0, 0.05) is 24.7 Å². The molecule has 0 bridgehead atoms. The summed E-state index contributed by atoms with van der Waals surface area (Å²) in [5, 5.41) is 11.6. The number of aliphatic hydroxyl groups is 1. The first-order valence-electron chi connectivity index (χ1n) is 7.16. The van der Waals surface area contributed by atoms with Gasteiger partial charge in [-0.05, 0) is 36.2 Å². The van der Waals surface area contributed by atoms with Crippen LogP contribution in [0.15, 0.2) is 59.7 Å². The van der Waals surface area contributed by atoms with Crippen LogP contribution in [0.25, 0.3) is 5.65 Å². The molecule has 0 aliphatic carbocycles. The minimum atomic E-state index is -0.504. The molecule has 6 heteroatoms. The Morgan fingerprint density at radius 2 is 1.96 bits per heavy atom. The minimum absolute atomic E-state index is 0.0202. The summed E-state index contributed by atoms with van der Waals surface area (Å²) < 4.78 is 1.33. The summed E-state index contributed by atoms with van der Waals surface area (Å²) in [7, 11) is 0. The van der Waals surface area contributed by atoms with Crippen molar-refractivity contribution in [2.45, 2.75) is 6.42 Å². The van der Waals surface area contributed by atoms with Gasteiger partial charge in [-0.1, -0.05) is 18.2 Å². The smallest absolute Gasteiger partial charge is 0.270 e. The molecule has 2 heterocycles. The van der Waals surface area contributed by atoms with Crippen LogP contribution in [0.5, 0.6) is 0 Å². The third-order valence-electron chi connectivity index (χ3n) is 3.47. The molecule has 0 spiro atoms. The van der Waals surface area contributed by atoms with Gasteiger partial charge in [0.05, 0.1) is 0 Å². The third-order valence-corrected chi connectivity index (χ3v) is 3.47. The molecule has 0 fully saturated rings. The van der Waals surface area contributed by atoms with E-state index in [-0.39, 0.29) is 12.2 Å². The molecule has 116 valence electrons. The fourth-order valence-electron chi connectivity index (χ4n) is 2.26. The Hall–Kier alpha value is -2.99. The maximum atomic E-state index is 12.3. The van der Waals surface area contributed by atoms with Crippen molar-refractivity contribution in [3.05, 3.63) is 76.3 Å². The average molecular weight is 309 g/mol. The zero-order valence-electron chi connectivity index (χ0n) is 12.3. The highest BCUT2D eigenvalue weighted by Crippen LogP contribution is 2.11. The lowest BCUT2D eigenvalue weighted by Gasteiger charge is -2.07. The van der Waals surface area contributed by atoms with Crippen molar-refractivity contribution in [1.82, 2.24) is 9.38 Å². The number of aliphatic hydroxyl groups excluding tert-OH is 1. The molecule has 0 radical (unpaired) electrons. The summed E-state index contributed by atoms with van der Waals surface area (Å²) in [4.78, 5) is 28.7. The molecule has 23 heavy (non-hydrogen) atoms. The van der Waals surface area contributed by atoms with E-state index in [1.807, 2.05) is 12.1 Å². The molecular weight excluding hydrogens is 294 g/mol. The van der Waals surface area contributed by atoms with Crippen LogP contribution in [0.4, 0.5) is 5.69 Å². The Bertz CT molecular complexity index is 901. The summed E-state index contributed by atoms with van der Waals surface area (Å²) in [6.45, 7) is 0.0746. The van der Waals surface area contributed by atoms with Gasteiger partial charge in [0.15, 0.2) is 0 Å². The molecule has 1 aromatic carbocycles. The lowest BCUT2D eigenvalue weighted by atomic mass is 10.1. The predicted molar refractivity (Wildman–Crippen MR) is 86.6 cm³/mol. The number of rotatable bonds is 4. The first-order chi connectivity index (χ1) is 11.2. The number of hydrogen-bond donors (Lipinski definition) is 2. The maximum Gasteiger partial charge on any atom is 0.270 e. The SMILES string of the molecule is O=C(Nc1ccc(CCO)cc1)c1cnc2ccccn2c1=O. The van der Waals surface area contributed by atoms with Gasteiger partial charge in [-0.3, -0.25) is 14.0 Å². The first-order valence-corrected chi connectivity index (χ1v) is 7.16. The summed E-state index contributed by atoms with van der Waals surface area (Å²) >= 11 is 0. The Morgan fingerprint density at radius 1 is 1.17 bits per heavy atom. The highest BCUT2D eigenvalue weighted by Gasteiger charge is 2.13. The van der Waals surface area contributed by atoms with Crippen molar-refractivity contribution >= 4 is 17.2 Å². The van der Waals surface area contributed by atoms with E-state index in [0.29, 0.717) is 17.8 Å². The van der Waals surface area contributed by atoms with Gasteiger partial charge in [-0.25, -0.2) is 4.98 Å². The standard InChI is InChI=1S/C17H15N3O3/c21-10-8-12-4-6-13(7-5-12)19-16(22)14-11-18-15-3-1-2-9-20(15)17(14)23/h1-7,9,11,21H,8,10H2,(H,19,22). The Balaban J connectivity index is 1.86. The van der Waals surface area contributed by atoms with Gasteiger partial charge >= 0.3 is 0 Å². The zero-order valence-corrected chi connectivity index (χ0v) is 12.3. The zero-order chi connectivity index (χ0) is 16.2. The van der Waals surface area contributed by atoms with Crippen molar-refractivity contribution < 1.29 is 9.90 Å². The van der Waals surface area contributed by atoms with Gasteiger partial charge in [0.1, 0.15) is 11.2 Å². The highest BCUT2D eigenvalue weighted by molar-refractivity contribution is 6.03. The predicted octanol–water partition coefficient (Wildman–Crippen LogP) is 1.48. The van der Waals surface area contributed by atoms with Crippen LogP contribution in [-0.2, 0) is 6.42 Å². The van der Waals surface area contributed by atoms with E-state index >= 15 is 0 Å².